The number of nitrogens with one attached hydrogen (secondary N) is 1. The second kappa shape index (κ2) is 4.74. The van der Waals surface area contributed by atoms with Gasteiger partial charge in [0, 0.05) is 10.9 Å². The van der Waals surface area contributed by atoms with Gasteiger partial charge in [-0.15, -0.1) is 11.3 Å². The van der Waals surface area contributed by atoms with Crippen LogP contribution in [0.15, 0.2) is 11.4 Å². The SMILES string of the molecule is Cc1ccsc1C(CO)NC(C)C. The van der Waals surface area contributed by atoms with Gasteiger partial charge in [0.25, 0.3) is 0 Å². The number of hydrogen-bond donors (Lipinski definition) is 2. The van der Waals surface area contributed by atoms with E-state index < -0.39 is 0 Å². The van der Waals surface area contributed by atoms with Crippen molar-refractivity contribution in [3.05, 3.63) is 21.9 Å². The summed E-state index contributed by atoms with van der Waals surface area (Å²) in [4.78, 5) is 1.25. The summed E-state index contributed by atoms with van der Waals surface area (Å²) in [7, 11) is 0. The van der Waals surface area contributed by atoms with Crippen molar-refractivity contribution in [1.29, 1.82) is 0 Å². The number of hydrogen-bond acceptors (Lipinski definition) is 3. The molecule has 1 aromatic heterocycles. The Bertz CT molecular complexity index is 257. The van der Waals surface area contributed by atoms with Gasteiger partial charge in [-0.25, -0.2) is 0 Å². The van der Waals surface area contributed by atoms with Crippen molar-refractivity contribution in [3.63, 3.8) is 0 Å². The summed E-state index contributed by atoms with van der Waals surface area (Å²) in [5.41, 5.74) is 1.26. The van der Waals surface area contributed by atoms with E-state index in [2.05, 4.69) is 37.5 Å². The summed E-state index contributed by atoms with van der Waals surface area (Å²) in [6.07, 6.45) is 0. The maximum absolute atomic E-state index is 9.22. The number of aliphatic hydroxyl groups excluding tert-OH is 1. The lowest BCUT2D eigenvalue weighted by Gasteiger charge is -2.18. The lowest BCUT2D eigenvalue weighted by Crippen LogP contribution is -2.30. The van der Waals surface area contributed by atoms with Gasteiger partial charge in [0.15, 0.2) is 0 Å². The molecule has 0 radical (unpaired) electrons. The van der Waals surface area contributed by atoms with Crippen LogP contribution in [0.4, 0.5) is 0 Å². The zero-order valence-corrected chi connectivity index (χ0v) is 9.19. The van der Waals surface area contributed by atoms with Crippen LogP contribution < -0.4 is 5.32 Å². The molecular weight excluding hydrogens is 182 g/mol. The summed E-state index contributed by atoms with van der Waals surface area (Å²) in [5, 5.41) is 14.6. The highest BCUT2D eigenvalue weighted by Gasteiger charge is 2.14. The van der Waals surface area contributed by atoms with Crippen LogP contribution in [0.3, 0.4) is 0 Å². The van der Waals surface area contributed by atoms with Crippen molar-refractivity contribution < 1.29 is 5.11 Å². The fourth-order valence-electron chi connectivity index (χ4n) is 1.36. The smallest absolute Gasteiger partial charge is 0.0654 e. The Morgan fingerprint density at radius 1 is 1.54 bits per heavy atom. The topological polar surface area (TPSA) is 32.3 Å². The van der Waals surface area contributed by atoms with Crippen molar-refractivity contribution in [1.82, 2.24) is 5.32 Å². The first-order chi connectivity index (χ1) is 6.15. The van der Waals surface area contributed by atoms with Gasteiger partial charge < -0.3 is 10.4 Å². The van der Waals surface area contributed by atoms with Crippen LogP contribution in [0.5, 0.6) is 0 Å². The van der Waals surface area contributed by atoms with Crippen LogP contribution in [-0.2, 0) is 0 Å². The molecule has 74 valence electrons. The normalized spacial score (nSPS) is 13.6. The van der Waals surface area contributed by atoms with E-state index in [1.54, 1.807) is 11.3 Å². The minimum Gasteiger partial charge on any atom is -0.394 e. The van der Waals surface area contributed by atoms with Gasteiger partial charge in [-0.3, -0.25) is 0 Å². The van der Waals surface area contributed by atoms with E-state index in [4.69, 9.17) is 0 Å². The molecule has 0 bridgehead atoms. The summed E-state index contributed by atoms with van der Waals surface area (Å²) >= 11 is 1.70. The second-order valence-corrected chi connectivity index (χ2v) is 4.47. The van der Waals surface area contributed by atoms with Gasteiger partial charge in [0.2, 0.25) is 0 Å². The summed E-state index contributed by atoms with van der Waals surface area (Å²) < 4.78 is 0. The fraction of sp³-hybridized carbons (Fsp3) is 0.600. The largest absolute Gasteiger partial charge is 0.394 e. The Morgan fingerprint density at radius 3 is 2.62 bits per heavy atom. The summed E-state index contributed by atoms with van der Waals surface area (Å²) in [5.74, 6) is 0. The van der Waals surface area contributed by atoms with Crippen molar-refractivity contribution >= 4 is 11.3 Å². The average Bonchev–Trinajstić information content (AvgIpc) is 2.47. The fourth-order valence-corrected chi connectivity index (χ4v) is 2.33. The first-order valence-corrected chi connectivity index (χ1v) is 5.44. The average molecular weight is 199 g/mol. The third-order valence-electron chi connectivity index (χ3n) is 1.94. The Labute approximate surface area is 83.6 Å². The molecule has 1 rings (SSSR count). The maximum atomic E-state index is 9.22. The maximum Gasteiger partial charge on any atom is 0.0654 e. The highest BCUT2D eigenvalue weighted by atomic mass is 32.1. The lowest BCUT2D eigenvalue weighted by molar-refractivity contribution is 0.239. The van der Waals surface area contributed by atoms with E-state index in [1.165, 1.54) is 10.4 Å². The molecule has 3 heteroatoms. The molecule has 2 nitrogen and oxygen atoms in total. The number of aryl methyl sites for hydroxylation is 1. The minimum atomic E-state index is 0.0972. The van der Waals surface area contributed by atoms with Gasteiger partial charge in [-0.1, -0.05) is 13.8 Å². The van der Waals surface area contributed by atoms with Crippen LogP contribution >= 0.6 is 11.3 Å². The number of thiophene rings is 1. The molecule has 0 aliphatic carbocycles. The van der Waals surface area contributed by atoms with Crippen molar-refractivity contribution in [2.45, 2.75) is 32.9 Å². The van der Waals surface area contributed by atoms with Crippen LogP contribution in [0.25, 0.3) is 0 Å². The predicted molar refractivity (Wildman–Crippen MR) is 57.2 cm³/mol. The molecule has 0 spiro atoms. The molecule has 1 heterocycles. The highest BCUT2D eigenvalue weighted by Crippen LogP contribution is 2.23. The van der Waals surface area contributed by atoms with Gasteiger partial charge in [0.05, 0.1) is 12.6 Å². The molecule has 1 unspecified atom stereocenters. The van der Waals surface area contributed by atoms with E-state index in [1.807, 2.05) is 0 Å². The van der Waals surface area contributed by atoms with E-state index in [0.29, 0.717) is 6.04 Å². The molecule has 0 amide bonds. The van der Waals surface area contributed by atoms with E-state index in [9.17, 15) is 5.11 Å². The zero-order valence-electron chi connectivity index (χ0n) is 8.37. The first-order valence-electron chi connectivity index (χ1n) is 4.56. The molecule has 13 heavy (non-hydrogen) atoms. The van der Waals surface area contributed by atoms with Crippen LogP contribution in [-0.4, -0.2) is 17.8 Å². The van der Waals surface area contributed by atoms with Crippen molar-refractivity contribution in [2.75, 3.05) is 6.61 Å². The van der Waals surface area contributed by atoms with Crippen LogP contribution in [0.2, 0.25) is 0 Å². The molecule has 0 aliphatic rings. The molecule has 0 aromatic carbocycles. The predicted octanol–water partition coefficient (Wildman–Crippen LogP) is 2.09. The van der Waals surface area contributed by atoms with Gasteiger partial charge in [-0.05, 0) is 23.9 Å². The van der Waals surface area contributed by atoms with Crippen LogP contribution in [0.1, 0.15) is 30.3 Å². The Kier molecular flexibility index (Phi) is 3.90. The molecule has 0 aliphatic heterocycles. The summed E-state index contributed by atoms with van der Waals surface area (Å²) in [6, 6.07) is 2.59. The number of aliphatic hydroxyl groups is 1. The zero-order chi connectivity index (χ0) is 9.84. The molecule has 0 saturated heterocycles. The second-order valence-electron chi connectivity index (χ2n) is 3.52. The molecule has 0 saturated carbocycles. The van der Waals surface area contributed by atoms with Crippen molar-refractivity contribution in [2.24, 2.45) is 0 Å². The Morgan fingerprint density at radius 2 is 2.23 bits per heavy atom. The monoisotopic (exact) mass is 199 g/mol. The third-order valence-corrected chi connectivity index (χ3v) is 3.07. The minimum absolute atomic E-state index is 0.0972. The highest BCUT2D eigenvalue weighted by molar-refractivity contribution is 7.10. The molecule has 1 aromatic rings. The van der Waals surface area contributed by atoms with Crippen molar-refractivity contribution in [3.8, 4) is 0 Å². The van der Waals surface area contributed by atoms with E-state index >= 15 is 0 Å². The van der Waals surface area contributed by atoms with Crippen LogP contribution in [0, 0.1) is 6.92 Å². The Balaban J connectivity index is 2.72. The Hall–Kier alpha value is -0.380. The lowest BCUT2D eigenvalue weighted by atomic mass is 10.1. The molecule has 0 fully saturated rings. The molecular formula is C10H17NOS. The quantitative estimate of drug-likeness (QED) is 0.778. The molecule has 2 N–H and O–H groups in total. The van der Waals surface area contributed by atoms with E-state index in [-0.39, 0.29) is 12.6 Å². The van der Waals surface area contributed by atoms with E-state index in [0.717, 1.165) is 0 Å². The first kappa shape index (κ1) is 10.7. The third kappa shape index (κ3) is 2.79. The number of rotatable bonds is 4. The van der Waals surface area contributed by atoms with Gasteiger partial charge >= 0.3 is 0 Å². The van der Waals surface area contributed by atoms with Gasteiger partial charge in [-0.2, -0.15) is 0 Å². The molecule has 1 atom stereocenters. The van der Waals surface area contributed by atoms with Gasteiger partial charge in [0.1, 0.15) is 0 Å². The summed E-state index contributed by atoms with van der Waals surface area (Å²) in [6.45, 7) is 6.42. The standard InChI is InChI=1S/C10H17NOS/c1-7(2)11-9(6-12)10-8(3)4-5-13-10/h4-5,7,9,11-12H,6H2,1-3H3.